The van der Waals surface area contributed by atoms with E-state index in [9.17, 15) is 4.79 Å². The molecule has 1 saturated carbocycles. The van der Waals surface area contributed by atoms with E-state index in [1.165, 1.54) is 19.3 Å². The summed E-state index contributed by atoms with van der Waals surface area (Å²) in [6, 6.07) is 1.76. The van der Waals surface area contributed by atoms with Gasteiger partial charge in [0.1, 0.15) is 6.04 Å². The SMILES string of the molecule is CCC(C#N)NC(=O)CC1CCC1. The monoisotopic (exact) mass is 180 g/mol. The number of hydrogen-bond donors (Lipinski definition) is 1. The Morgan fingerprint density at radius 1 is 1.69 bits per heavy atom. The fourth-order valence-electron chi connectivity index (χ4n) is 1.44. The summed E-state index contributed by atoms with van der Waals surface area (Å²) in [4.78, 5) is 11.3. The summed E-state index contributed by atoms with van der Waals surface area (Å²) in [6.07, 6.45) is 4.91. The standard InChI is InChI=1S/C10H16N2O/c1-2-9(7-11)12-10(13)6-8-4-3-5-8/h8-9H,2-6H2,1H3,(H,12,13). The van der Waals surface area contributed by atoms with Crippen LogP contribution in [-0.4, -0.2) is 11.9 Å². The quantitative estimate of drug-likeness (QED) is 0.714. The van der Waals surface area contributed by atoms with Crippen molar-refractivity contribution in [1.29, 1.82) is 5.26 Å². The molecule has 13 heavy (non-hydrogen) atoms. The minimum Gasteiger partial charge on any atom is -0.340 e. The Labute approximate surface area is 79.1 Å². The summed E-state index contributed by atoms with van der Waals surface area (Å²) >= 11 is 0. The van der Waals surface area contributed by atoms with E-state index in [0.717, 1.165) is 0 Å². The smallest absolute Gasteiger partial charge is 0.221 e. The fourth-order valence-corrected chi connectivity index (χ4v) is 1.44. The zero-order valence-corrected chi connectivity index (χ0v) is 8.05. The number of nitrogens with zero attached hydrogens (tertiary/aromatic N) is 1. The van der Waals surface area contributed by atoms with Crippen molar-refractivity contribution in [2.24, 2.45) is 5.92 Å². The Morgan fingerprint density at radius 3 is 2.77 bits per heavy atom. The van der Waals surface area contributed by atoms with Gasteiger partial charge in [-0.1, -0.05) is 13.3 Å². The molecule has 1 aliphatic carbocycles. The largest absolute Gasteiger partial charge is 0.340 e. The van der Waals surface area contributed by atoms with Crippen molar-refractivity contribution in [3.05, 3.63) is 0 Å². The molecule has 72 valence electrons. The maximum atomic E-state index is 11.3. The van der Waals surface area contributed by atoms with Gasteiger partial charge < -0.3 is 5.32 Å². The molecule has 1 amide bonds. The van der Waals surface area contributed by atoms with E-state index in [-0.39, 0.29) is 11.9 Å². The molecule has 1 unspecified atom stereocenters. The van der Waals surface area contributed by atoms with Crippen LogP contribution < -0.4 is 5.32 Å². The Hall–Kier alpha value is -1.04. The Balaban J connectivity index is 2.19. The van der Waals surface area contributed by atoms with Crippen LogP contribution in [0.15, 0.2) is 0 Å². The molecule has 1 rings (SSSR count). The van der Waals surface area contributed by atoms with E-state index in [2.05, 4.69) is 11.4 Å². The van der Waals surface area contributed by atoms with Gasteiger partial charge in [0.25, 0.3) is 0 Å². The van der Waals surface area contributed by atoms with E-state index < -0.39 is 0 Å². The minimum absolute atomic E-state index is 0.0399. The summed E-state index contributed by atoms with van der Waals surface area (Å²) in [7, 11) is 0. The first-order valence-corrected chi connectivity index (χ1v) is 4.95. The number of carbonyl (C=O) groups excluding carboxylic acids is 1. The lowest BCUT2D eigenvalue weighted by atomic mass is 9.83. The second-order valence-corrected chi connectivity index (χ2v) is 3.66. The number of carbonyl (C=O) groups is 1. The van der Waals surface area contributed by atoms with Crippen molar-refractivity contribution < 1.29 is 4.79 Å². The minimum atomic E-state index is -0.299. The van der Waals surface area contributed by atoms with Crippen LogP contribution >= 0.6 is 0 Å². The Kier molecular flexibility index (Phi) is 3.75. The van der Waals surface area contributed by atoms with Crippen LogP contribution in [0.1, 0.15) is 39.0 Å². The first kappa shape index (κ1) is 10.0. The molecule has 1 N–H and O–H groups in total. The second kappa shape index (κ2) is 4.86. The fraction of sp³-hybridized carbons (Fsp3) is 0.800. The molecule has 1 aliphatic rings. The first-order chi connectivity index (χ1) is 6.26. The molecule has 0 aromatic rings. The zero-order chi connectivity index (χ0) is 9.68. The van der Waals surface area contributed by atoms with Crippen LogP contribution in [0.25, 0.3) is 0 Å². The average molecular weight is 180 g/mol. The number of rotatable bonds is 4. The van der Waals surface area contributed by atoms with Crippen LogP contribution in [-0.2, 0) is 4.79 Å². The highest BCUT2D eigenvalue weighted by Crippen LogP contribution is 2.29. The number of hydrogen-bond acceptors (Lipinski definition) is 2. The van der Waals surface area contributed by atoms with Gasteiger partial charge in [-0.15, -0.1) is 0 Å². The molecule has 0 heterocycles. The Morgan fingerprint density at radius 2 is 2.38 bits per heavy atom. The number of nitrogens with one attached hydrogen (secondary N) is 1. The normalized spacial score (nSPS) is 18.5. The van der Waals surface area contributed by atoms with Crippen molar-refractivity contribution in [3.63, 3.8) is 0 Å². The molecule has 1 fully saturated rings. The summed E-state index contributed by atoms with van der Waals surface area (Å²) in [5.74, 6) is 0.620. The van der Waals surface area contributed by atoms with E-state index in [0.29, 0.717) is 18.8 Å². The molecule has 0 bridgehead atoms. The van der Waals surface area contributed by atoms with Crippen molar-refractivity contribution in [3.8, 4) is 6.07 Å². The highest BCUT2D eigenvalue weighted by Gasteiger charge is 2.21. The molecule has 0 aromatic carbocycles. The van der Waals surface area contributed by atoms with E-state index in [4.69, 9.17) is 5.26 Å². The highest BCUT2D eigenvalue weighted by atomic mass is 16.1. The van der Waals surface area contributed by atoms with Gasteiger partial charge in [0.15, 0.2) is 0 Å². The van der Waals surface area contributed by atoms with Gasteiger partial charge in [-0.25, -0.2) is 0 Å². The predicted octanol–water partition coefficient (Wildman–Crippen LogP) is 1.59. The lowest BCUT2D eigenvalue weighted by Gasteiger charge is -2.24. The van der Waals surface area contributed by atoms with Crippen molar-refractivity contribution in [1.82, 2.24) is 5.32 Å². The summed E-state index contributed by atoms with van der Waals surface area (Å²) < 4.78 is 0. The van der Waals surface area contributed by atoms with Gasteiger partial charge in [-0.05, 0) is 25.2 Å². The first-order valence-electron chi connectivity index (χ1n) is 4.95. The van der Waals surface area contributed by atoms with Gasteiger partial charge in [0.05, 0.1) is 6.07 Å². The van der Waals surface area contributed by atoms with Crippen LogP contribution in [0, 0.1) is 17.2 Å². The van der Waals surface area contributed by atoms with Crippen LogP contribution in [0.5, 0.6) is 0 Å². The molecule has 0 saturated heterocycles. The van der Waals surface area contributed by atoms with Crippen molar-refractivity contribution in [2.45, 2.75) is 45.1 Å². The molecule has 0 spiro atoms. The highest BCUT2D eigenvalue weighted by molar-refractivity contribution is 5.76. The molecular weight excluding hydrogens is 164 g/mol. The number of nitriles is 1. The van der Waals surface area contributed by atoms with Gasteiger partial charge in [-0.3, -0.25) is 4.79 Å². The van der Waals surface area contributed by atoms with Gasteiger partial charge in [0.2, 0.25) is 5.91 Å². The van der Waals surface area contributed by atoms with Crippen LogP contribution in [0.3, 0.4) is 0 Å². The topological polar surface area (TPSA) is 52.9 Å². The van der Waals surface area contributed by atoms with Crippen molar-refractivity contribution in [2.75, 3.05) is 0 Å². The third kappa shape index (κ3) is 3.06. The maximum Gasteiger partial charge on any atom is 0.221 e. The summed E-state index contributed by atoms with van der Waals surface area (Å²) in [6.45, 7) is 1.90. The summed E-state index contributed by atoms with van der Waals surface area (Å²) in [5.41, 5.74) is 0. The molecule has 1 atom stereocenters. The molecule has 0 aromatic heterocycles. The van der Waals surface area contributed by atoms with Crippen LogP contribution in [0.4, 0.5) is 0 Å². The lowest BCUT2D eigenvalue weighted by Crippen LogP contribution is -2.35. The molecule has 3 nitrogen and oxygen atoms in total. The summed E-state index contributed by atoms with van der Waals surface area (Å²) in [5, 5.41) is 11.3. The second-order valence-electron chi connectivity index (χ2n) is 3.66. The predicted molar refractivity (Wildman–Crippen MR) is 49.8 cm³/mol. The third-order valence-corrected chi connectivity index (χ3v) is 2.60. The van der Waals surface area contributed by atoms with E-state index >= 15 is 0 Å². The van der Waals surface area contributed by atoms with E-state index in [1.54, 1.807) is 0 Å². The van der Waals surface area contributed by atoms with Gasteiger partial charge >= 0.3 is 0 Å². The maximum absolute atomic E-state index is 11.3. The van der Waals surface area contributed by atoms with Gasteiger partial charge in [-0.2, -0.15) is 5.26 Å². The lowest BCUT2D eigenvalue weighted by molar-refractivity contribution is -0.123. The Bertz CT molecular complexity index is 215. The zero-order valence-electron chi connectivity index (χ0n) is 8.05. The van der Waals surface area contributed by atoms with E-state index in [1.807, 2.05) is 6.92 Å². The van der Waals surface area contributed by atoms with Crippen molar-refractivity contribution >= 4 is 5.91 Å². The molecule has 0 radical (unpaired) electrons. The van der Waals surface area contributed by atoms with Crippen LogP contribution in [0.2, 0.25) is 0 Å². The third-order valence-electron chi connectivity index (χ3n) is 2.60. The molecule has 0 aliphatic heterocycles. The molecule has 3 heteroatoms. The van der Waals surface area contributed by atoms with Gasteiger partial charge in [0, 0.05) is 6.42 Å². The molecular formula is C10H16N2O. The number of amides is 1. The average Bonchev–Trinajstić information content (AvgIpc) is 2.07.